The molecule has 6 heterocycles. The fraction of sp³-hybridized carbons (Fsp3) is 0.680. The summed E-state index contributed by atoms with van der Waals surface area (Å²) in [7, 11) is -35.1. The number of thioether (sulfide) groups is 1. The van der Waals surface area contributed by atoms with Crippen LogP contribution in [0.15, 0.2) is 25.3 Å². The number of carboxylic acid groups (broad SMARTS) is 1. The zero-order valence-electron chi connectivity index (χ0n) is 58.1. The third-order valence-corrected chi connectivity index (χ3v) is 21.6. The Morgan fingerprint density at radius 2 is 0.954 bits per heavy atom. The molecule has 16 atom stereocenters. The Kier molecular flexibility index (Phi) is 37.6. The van der Waals surface area contributed by atoms with Crippen molar-refractivity contribution in [3.8, 4) is 0 Å². The van der Waals surface area contributed by atoms with E-state index in [-0.39, 0.29) is 102 Å². The molecule has 622 valence electrons. The lowest BCUT2D eigenvalue weighted by Gasteiger charge is -2.36. The lowest BCUT2D eigenvalue weighted by molar-refractivity contribution is -0.348. The van der Waals surface area contributed by atoms with Gasteiger partial charge in [-0.15, -0.1) is 0 Å². The van der Waals surface area contributed by atoms with Gasteiger partial charge in [0.2, 0.25) is 23.6 Å². The van der Waals surface area contributed by atoms with E-state index in [4.69, 9.17) is 36.3 Å². The first-order valence-corrected chi connectivity index (χ1v) is 40.8. The number of hydrogen-bond acceptors (Lipinski definition) is 45. The molecule has 0 bridgehead atoms. The highest BCUT2D eigenvalue weighted by molar-refractivity contribution is 8.13. The van der Waals surface area contributed by atoms with Crippen LogP contribution in [-0.2, 0) is 101 Å². The molecular weight excluding hydrogens is 1620 g/mol. The largest absolute Gasteiger partial charge is 0.790 e. The summed E-state index contributed by atoms with van der Waals surface area (Å²) in [6, 6.07) is 0. The molecule has 2 fully saturated rings. The molecule has 4 aromatic heterocycles. The average molecular weight is 1700 g/mol. The number of carbonyl (C=O) groups excluding carboxylic acids is 5. The number of imidazole rings is 2. The Hall–Kier alpha value is -5.55. The van der Waals surface area contributed by atoms with Crippen LogP contribution in [-0.4, -0.2) is 235 Å². The summed E-state index contributed by atoms with van der Waals surface area (Å²) in [5.74, 6) is -4.90. The number of carbonyl (C=O) groups is 6. The number of phosphoric ester groups is 6. The van der Waals surface area contributed by atoms with Crippen molar-refractivity contribution in [2.75, 3.05) is 83.0 Å². The van der Waals surface area contributed by atoms with Gasteiger partial charge in [-0.3, -0.25) is 56.2 Å². The summed E-state index contributed by atoms with van der Waals surface area (Å²) in [5, 5.41) is 76.8. The SMILES string of the molecule is CC(CO)C(=O)O.CC(CO)C(=O)SCCNC(=O)CCNC(=O)C(O)C(C)(C)COP(=O)([O-])OP(=O)([O-])OCC1OC(n2cnc3c(N)ncnc32)C(O)C1OP(=O)([O-])[O-].CCNC(=O)CCNC(=O)C(O)C(C)(C)COP(=O)([O-])OP(=O)([O-])OCC1OC(n2cnc3c(N)ncnc32)C(O)C1OP(=O)([O-])[O-].O. The van der Waals surface area contributed by atoms with Gasteiger partial charge in [0.25, 0.3) is 31.3 Å². The summed E-state index contributed by atoms with van der Waals surface area (Å²) in [6.07, 6.45) is -15.0. The highest BCUT2D eigenvalue weighted by Gasteiger charge is 2.49. The molecular formula is C50H80N14O38P6S-8. The number of nitrogens with one attached hydrogen (secondary N) is 4. The fourth-order valence-corrected chi connectivity index (χ4v) is 14.9. The number of fused-ring (bicyclic) bond motifs is 2. The molecule has 109 heavy (non-hydrogen) atoms. The van der Waals surface area contributed by atoms with Gasteiger partial charge in [0.1, 0.15) is 72.5 Å². The monoisotopic (exact) mass is 1700 g/mol. The lowest BCUT2D eigenvalue weighted by atomic mass is 9.87. The van der Waals surface area contributed by atoms with Crippen LogP contribution >= 0.6 is 58.7 Å². The summed E-state index contributed by atoms with van der Waals surface area (Å²) >= 11 is 0.931. The van der Waals surface area contributed by atoms with Crippen LogP contribution in [0.25, 0.3) is 22.3 Å². The first kappa shape index (κ1) is 97.6. The van der Waals surface area contributed by atoms with E-state index in [9.17, 15) is 116 Å². The predicted octanol–water partition coefficient (Wildman–Crippen LogP) is -9.46. The molecule has 52 nitrogen and oxygen atoms in total. The van der Waals surface area contributed by atoms with Crippen molar-refractivity contribution < 1.29 is 182 Å². The van der Waals surface area contributed by atoms with Crippen molar-refractivity contribution >= 4 is 127 Å². The number of aliphatic carboxylic acids is 1. The maximum absolute atomic E-state index is 12.5. The van der Waals surface area contributed by atoms with E-state index in [2.05, 4.69) is 86.9 Å². The minimum absolute atomic E-state index is 0. The van der Waals surface area contributed by atoms with Gasteiger partial charge in [0, 0.05) is 61.5 Å². The second kappa shape index (κ2) is 42.0. The van der Waals surface area contributed by atoms with Gasteiger partial charge in [-0.25, -0.2) is 38.5 Å². The van der Waals surface area contributed by atoms with Crippen LogP contribution in [0.3, 0.4) is 0 Å². The number of hydrogen-bond donors (Lipinski definition) is 13. The van der Waals surface area contributed by atoms with Crippen molar-refractivity contribution in [1.29, 1.82) is 0 Å². The van der Waals surface area contributed by atoms with Gasteiger partial charge in [-0.2, -0.15) is 0 Å². The standard InChI is InChI=1S/C25H42N7O18P3S.C21H36N7O16P3.C4H8O3.H2O/c1-13(8-33)24(38)54-7-6-27-15(34)4-5-28-22(37)19(36)25(2,3)10-47-53(44,45)50-52(42,43)46-9-14-18(49-51(39,40)41)17(35)23(48-14)32-12-31-16-20(26)29-11-30-21(16)32;1-4-23-12(29)5-6-24-19(32)16(31)21(2,3)8-41-47(38,39)44-46(36,37)40-7-11-15(43-45(33,34)35)14(30)20(42-11)28-10-27-13-17(22)25-9-26-18(13)28;1-3(2-5)4(6)7;/h11-14,17-19,23,33,35-36H,4-10H2,1-3H3,(H,27,34)(H,28,37)(H,42,43)(H,44,45)(H2,26,29,30)(H2,39,40,41);9-11,14-16,20,30-31H,4-8H2,1-3H3,(H,23,29)(H,24,32)(H,36,37)(H,38,39)(H2,22,25,26)(H2,33,34,35);3,5H,2H2,1H3,(H,6,7);1H2/p-8. The summed E-state index contributed by atoms with van der Waals surface area (Å²) < 4.78 is 120. The van der Waals surface area contributed by atoms with Crippen LogP contribution < -0.4 is 71.9 Å². The van der Waals surface area contributed by atoms with Gasteiger partial charge in [-0.1, -0.05) is 46.4 Å². The Balaban J connectivity index is 0.000000518. The van der Waals surface area contributed by atoms with Crippen molar-refractivity contribution in [3.63, 3.8) is 0 Å². The summed E-state index contributed by atoms with van der Waals surface area (Å²) in [4.78, 5) is 188. The minimum Gasteiger partial charge on any atom is -0.790 e. The predicted molar refractivity (Wildman–Crippen MR) is 348 cm³/mol. The average Bonchev–Trinajstić information content (AvgIpc) is 1.62. The summed E-state index contributed by atoms with van der Waals surface area (Å²) in [5.41, 5.74) is 8.16. The number of phosphoric acid groups is 6. The number of aliphatic hydroxyl groups is 6. The highest BCUT2D eigenvalue weighted by atomic mass is 32.2. The molecule has 16 unspecified atom stereocenters. The third kappa shape index (κ3) is 31.1. The summed E-state index contributed by atoms with van der Waals surface area (Å²) in [6.45, 7) is 4.49. The van der Waals surface area contributed by atoms with Crippen molar-refractivity contribution in [2.24, 2.45) is 22.7 Å². The number of nitrogens with two attached hydrogens (primary N) is 2. The second-order valence-electron chi connectivity index (χ2n) is 24.2. The Labute approximate surface area is 620 Å². The molecule has 0 radical (unpaired) electrons. The van der Waals surface area contributed by atoms with E-state index in [1.54, 1.807) is 13.8 Å². The van der Waals surface area contributed by atoms with Gasteiger partial charge in [0.15, 0.2) is 40.5 Å². The van der Waals surface area contributed by atoms with Gasteiger partial charge >= 0.3 is 5.97 Å². The minimum atomic E-state index is -5.92. The zero-order valence-corrected chi connectivity index (χ0v) is 64.3. The highest BCUT2D eigenvalue weighted by Crippen LogP contribution is 2.58. The number of amides is 4. The fourth-order valence-electron chi connectivity index (χ4n) is 8.67. The Morgan fingerprint density at radius 3 is 1.29 bits per heavy atom. The number of nitrogens with zero attached hydrogens (tertiary/aromatic N) is 8. The number of ether oxygens (including phenoxy) is 2. The van der Waals surface area contributed by atoms with Crippen LogP contribution in [0.1, 0.15) is 73.8 Å². The van der Waals surface area contributed by atoms with E-state index >= 15 is 0 Å². The number of anilines is 2. The molecule has 2 aliphatic heterocycles. The topological polar surface area (TPSA) is 842 Å². The van der Waals surface area contributed by atoms with Crippen LogP contribution in [0, 0.1) is 22.7 Å². The van der Waals surface area contributed by atoms with Crippen molar-refractivity contribution in [2.45, 2.75) is 123 Å². The van der Waals surface area contributed by atoms with E-state index in [0.717, 1.165) is 46.2 Å². The third-order valence-electron chi connectivity index (χ3n) is 14.5. The van der Waals surface area contributed by atoms with Crippen LogP contribution in [0.4, 0.5) is 11.6 Å². The smallest absolute Gasteiger partial charge is 0.308 e. The van der Waals surface area contributed by atoms with E-state index in [1.807, 2.05) is 0 Å². The van der Waals surface area contributed by atoms with Crippen molar-refractivity contribution in [1.82, 2.24) is 60.3 Å². The molecule has 4 aromatic rings. The number of aromatic nitrogens is 8. The molecule has 4 amide bonds. The quantitative estimate of drug-likeness (QED) is 0.0145. The lowest BCUT2D eigenvalue weighted by Crippen LogP contribution is -2.46. The molecule has 6 rings (SSSR count). The maximum atomic E-state index is 12.5. The molecule has 2 saturated heterocycles. The van der Waals surface area contributed by atoms with Gasteiger partial charge in [-0.05, 0) is 13.8 Å². The number of nitrogen functional groups attached to an aromatic ring is 2. The first-order chi connectivity index (χ1) is 49.8. The normalized spacial score (nSPS) is 22.2. The van der Waals surface area contributed by atoms with Crippen molar-refractivity contribution in [3.05, 3.63) is 25.3 Å². The van der Waals surface area contributed by atoms with Gasteiger partial charge in [0.05, 0.1) is 73.9 Å². The van der Waals surface area contributed by atoms with E-state index in [1.165, 1.54) is 34.6 Å². The van der Waals surface area contributed by atoms with Gasteiger partial charge < -0.3 is 159 Å². The number of rotatable bonds is 40. The zero-order chi connectivity index (χ0) is 81.9. The molecule has 0 aromatic carbocycles. The second-order valence-corrected chi connectivity index (χ2v) is 33.5. The number of aliphatic hydroxyl groups excluding tert-OH is 6. The molecule has 0 spiro atoms. The molecule has 59 heteroatoms. The van der Waals surface area contributed by atoms with E-state index in [0.29, 0.717) is 6.54 Å². The molecule has 2 aliphatic rings. The maximum Gasteiger partial charge on any atom is 0.308 e. The molecule has 0 aliphatic carbocycles. The Bertz CT molecular complexity index is 4030. The van der Waals surface area contributed by atoms with Crippen LogP contribution in [0.5, 0.6) is 0 Å². The van der Waals surface area contributed by atoms with E-state index < -0.39 is 181 Å². The number of carboxylic acids is 1. The van der Waals surface area contributed by atoms with Crippen LogP contribution in [0.2, 0.25) is 0 Å². The molecule has 17 N–H and O–H groups in total. The first-order valence-electron chi connectivity index (χ1n) is 31.1. The Morgan fingerprint density at radius 1 is 0.587 bits per heavy atom. The molecule has 0 saturated carbocycles.